The van der Waals surface area contributed by atoms with Crippen molar-refractivity contribution >= 4 is 17.2 Å². The quantitative estimate of drug-likeness (QED) is 0.467. The fourth-order valence-corrected chi connectivity index (χ4v) is 3.13. The normalized spacial score (nSPS) is 11.5. The van der Waals surface area contributed by atoms with Crippen molar-refractivity contribution in [3.05, 3.63) is 23.8 Å². The van der Waals surface area contributed by atoms with Gasteiger partial charge in [0.1, 0.15) is 0 Å². The van der Waals surface area contributed by atoms with E-state index in [0.29, 0.717) is 24.5 Å². The Balaban J connectivity index is 3.43. The van der Waals surface area contributed by atoms with E-state index in [1.54, 1.807) is 6.07 Å². The molecule has 148 valence electrons. The van der Waals surface area contributed by atoms with Crippen LogP contribution in [0, 0.1) is 0 Å². The molecule has 0 aromatic heterocycles. The van der Waals surface area contributed by atoms with Gasteiger partial charge in [-0.25, -0.2) is 0 Å². The summed E-state index contributed by atoms with van der Waals surface area (Å²) in [4.78, 5) is 16.0. The number of anilines is 2. The first kappa shape index (κ1) is 22.3. The molecule has 0 aliphatic heterocycles. The minimum atomic E-state index is -4.88. The third-order valence-corrected chi connectivity index (χ3v) is 4.16. The smallest absolute Gasteiger partial charge is 0.372 e. The van der Waals surface area contributed by atoms with Crippen molar-refractivity contribution in [1.82, 2.24) is 0 Å². The predicted molar refractivity (Wildman–Crippen MR) is 102 cm³/mol. The molecule has 0 saturated heterocycles. The Morgan fingerprint density at radius 1 is 0.846 bits per heavy atom. The molecule has 1 aromatic rings. The van der Waals surface area contributed by atoms with Crippen LogP contribution in [0.1, 0.15) is 63.7 Å². The maximum Gasteiger partial charge on any atom is 0.454 e. The second-order valence-corrected chi connectivity index (χ2v) is 6.50. The van der Waals surface area contributed by atoms with Crippen molar-refractivity contribution in [2.75, 3.05) is 36.0 Å². The van der Waals surface area contributed by atoms with E-state index in [-0.39, 0.29) is 5.56 Å². The molecule has 0 heterocycles. The Morgan fingerprint density at radius 2 is 1.31 bits per heavy atom. The molecule has 0 aliphatic carbocycles. The molecule has 0 atom stereocenters. The first-order chi connectivity index (χ1) is 12.3. The number of ketones is 1. The average Bonchev–Trinajstić information content (AvgIpc) is 2.59. The van der Waals surface area contributed by atoms with E-state index in [1.807, 2.05) is 43.6 Å². The molecule has 0 bridgehead atoms. The zero-order valence-corrected chi connectivity index (χ0v) is 16.3. The molecule has 0 spiro atoms. The number of alkyl halides is 3. The Hall–Kier alpha value is -1.72. The van der Waals surface area contributed by atoms with Gasteiger partial charge in [-0.2, -0.15) is 13.2 Å². The number of Topliss-reactive ketones (excluding diaryl/α,β-unsaturated/α-hetero) is 1. The van der Waals surface area contributed by atoms with Gasteiger partial charge in [0.2, 0.25) is 0 Å². The van der Waals surface area contributed by atoms with Gasteiger partial charge in [-0.15, -0.1) is 0 Å². The van der Waals surface area contributed by atoms with E-state index < -0.39 is 12.0 Å². The molecule has 1 aromatic carbocycles. The summed E-state index contributed by atoms with van der Waals surface area (Å²) >= 11 is 0. The highest BCUT2D eigenvalue weighted by Crippen LogP contribution is 2.32. The zero-order chi connectivity index (χ0) is 19.7. The summed E-state index contributed by atoms with van der Waals surface area (Å²) in [5, 5.41) is 0. The molecule has 0 radical (unpaired) electrons. The van der Waals surface area contributed by atoms with Crippen molar-refractivity contribution in [2.45, 2.75) is 59.6 Å². The molecular weight excluding hydrogens is 341 g/mol. The highest BCUT2D eigenvalue weighted by atomic mass is 19.4. The topological polar surface area (TPSA) is 23.6 Å². The van der Waals surface area contributed by atoms with Crippen molar-refractivity contribution in [2.24, 2.45) is 0 Å². The van der Waals surface area contributed by atoms with E-state index in [1.165, 1.54) is 6.07 Å². The van der Waals surface area contributed by atoms with Gasteiger partial charge in [0.05, 0.1) is 5.56 Å². The summed E-state index contributed by atoms with van der Waals surface area (Å²) < 4.78 is 39.6. The molecule has 0 aliphatic rings. The lowest BCUT2D eigenvalue weighted by molar-refractivity contribution is -0.0884. The van der Waals surface area contributed by atoms with E-state index in [0.717, 1.165) is 38.8 Å². The van der Waals surface area contributed by atoms with Crippen LogP contribution >= 0.6 is 0 Å². The predicted octanol–water partition coefficient (Wildman–Crippen LogP) is 5.68. The summed E-state index contributed by atoms with van der Waals surface area (Å²) in [7, 11) is 0. The average molecular weight is 372 g/mol. The Morgan fingerprint density at radius 3 is 1.73 bits per heavy atom. The number of nitrogens with zero attached hydrogens (tertiary/aromatic N) is 2. The van der Waals surface area contributed by atoms with Gasteiger partial charge in [0, 0.05) is 37.6 Å². The van der Waals surface area contributed by atoms with E-state index in [4.69, 9.17) is 0 Å². The SMILES string of the molecule is CCCN(CCC)c1ccc(N(CCC)CCC)c(C(=O)C(F)(F)F)c1. The lowest BCUT2D eigenvalue weighted by Crippen LogP contribution is -2.31. The number of rotatable bonds is 11. The number of carbonyl (C=O) groups excluding carboxylic acids is 1. The minimum Gasteiger partial charge on any atom is -0.372 e. The third-order valence-electron chi connectivity index (χ3n) is 4.16. The molecule has 0 fully saturated rings. The van der Waals surface area contributed by atoms with Crippen LogP contribution in [0.4, 0.5) is 24.5 Å². The fourth-order valence-electron chi connectivity index (χ4n) is 3.13. The number of carbonyl (C=O) groups is 1. The van der Waals surface area contributed by atoms with Gasteiger partial charge in [-0.3, -0.25) is 4.79 Å². The first-order valence-electron chi connectivity index (χ1n) is 9.55. The summed E-state index contributed by atoms with van der Waals surface area (Å²) in [6, 6.07) is 4.94. The number of hydrogen-bond acceptors (Lipinski definition) is 3. The first-order valence-corrected chi connectivity index (χ1v) is 9.55. The molecule has 0 unspecified atom stereocenters. The van der Waals surface area contributed by atoms with Crippen molar-refractivity contribution in [1.29, 1.82) is 0 Å². The maximum absolute atomic E-state index is 13.2. The van der Waals surface area contributed by atoms with Crippen LogP contribution in [0.5, 0.6) is 0 Å². The lowest BCUT2D eigenvalue weighted by atomic mass is 10.0. The highest BCUT2D eigenvalue weighted by Gasteiger charge is 2.41. The largest absolute Gasteiger partial charge is 0.454 e. The Kier molecular flexibility index (Phi) is 8.96. The fraction of sp³-hybridized carbons (Fsp3) is 0.650. The number of benzene rings is 1. The Labute approximate surface area is 155 Å². The lowest BCUT2D eigenvalue weighted by Gasteiger charge is -2.29. The van der Waals surface area contributed by atoms with Crippen molar-refractivity contribution in [3.8, 4) is 0 Å². The maximum atomic E-state index is 13.2. The van der Waals surface area contributed by atoms with Gasteiger partial charge < -0.3 is 9.80 Å². The Bertz CT molecular complexity index is 561. The molecule has 1 rings (SSSR count). The highest BCUT2D eigenvalue weighted by molar-refractivity contribution is 6.05. The summed E-state index contributed by atoms with van der Waals surface area (Å²) in [6.07, 6.45) is -1.49. The second-order valence-electron chi connectivity index (χ2n) is 6.50. The van der Waals surface area contributed by atoms with Gasteiger partial charge in [0.15, 0.2) is 0 Å². The summed E-state index contributed by atoms with van der Waals surface area (Å²) in [5.41, 5.74) is 0.819. The molecule has 0 saturated carbocycles. The van der Waals surface area contributed by atoms with Crippen LogP contribution < -0.4 is 9.80 Å². The monoisotopic (exact) mass is 372 g/mol. The van der Waals surface area contributed by atoms with E-state index in [9.17, 15) is 18.0 Å². The molecule has 26 heavy (non-hydrogen) atoms. The van der Waals surface area contributed by atoms with Crippen molar-refractivity contribution in [3.63, 3.8) is 0 Å². The van der Waals surface area contributed by atoms with Crippen LogP contribution in [0.2, 0.25) is 0 Å². The van der Waals surface area contributed by atoms with Crippen LogP contribution in [0.15, 0.2) is 18.2 Å². The van der Waals surface area contributed by atoms with E-state index >= 15 is 0 Å². The number of halogens is 3. The minimum absolute atomic E-state index is 0.242. The van der Waals surface area contributed by atoms with Crippen LogP contribution in [0.3, 0.4) is 0 Å². The van der Waals surface area contributed by atoms with Crippen LogP contribution in [-0.4, -0.2) is 38.1 Å². The van der Waals surface area contributed by atoms with Crippen LogP contribution in [0.25, 0.3) is 0 Å². The molecule has 3 nitrogen and oxygen atoms in total. The molecule has 0 amide bonds. The molecular formula is C20H31F3N2O. The van der Waals surface area contributed by atoms with Gasteiger partial charge in [-0.05, 0) is 43.9 Å². The zero-order valence-electron chi connectivity index (χ0n) is 16.3. The third kappa shape index (κ3) is 5.92. The van der Waals surface area contributed by atoms with E-state index in [2.05, 4.69) is 0 Å². The second kappa shape index (κ2) is 10.4. The van der Waals surface area contributed by atoms with Crippen molar-refractivity contribution < 1.29 is 18.0 Å². The summed E-state index contributed by atoms with van der Waals surface area (Å²) in [6.45, 7) is 10.8. The standard InChI is InChI=1S/C20H31F3N2O/c1-5-11-24(12-6-2)16-9-10-18(25(13-7-3)14-8-4)17(15-16)19(26)20(21,22)23/h9-10,15H,5-8,11-14H2,1-4H3. The van der Waals surface area contributed by atoms with Crippen LogP contribution in [-0.2, 0) is 0 Å². The summed E-state index contributed by atoms with van der Waals surface area (Å²) in [5.74, 6) is -1.76. The number of hydrogen-bond donors (Lipinski definition) is 0. The van der Waals surface area contributed by atoms with Gasteiger partial charge in [-0.1, -0.05) is 27.7 Å². The molecule has 6 heteroatoms. The van der Waals surface area contributed by atoms with Gasteiger partial charge >= 0.3 is 6.18 Å². The van der Waals surface area contributed by atoms with Gasteiger partial charge in [0.25, 0.3) is 5.78 Å². The molecule has 0 N–H and O–H groups in total.